The highest BCUT2D eigenvalue weighted by atomic mass is 35.5. The second-order valence-electron chi connectivity index (χ2n) is 4.78. The van der Waals surface area contributed by atoms with Gasteiger partial charge in [0.1, 0.15) is 5.82 Å². The molecule has 0 unspecified atom stereocenters. The molecule has 0 fully saturated rings. The Morgan fingerprint density at radius 1 is 1.21 bits per heavy atom. The fraction of sp³-hybridized carbons (Fsp3) is 0.333. The molecule has 2 aromatic rings. The van der Waals surface area contributed by atoms with Crippen molar-refractivity contribution >= 4 is 17.4 Å². The van der Waals surface area contributed by atoms with Gasteiger partial charge in [0.2, 0.25) is 5.28 Å². The highest BCUT2D eigenvalue weighted by molar-refractivity contribution is 6.28. The summed E-state index contributed by atoms with van der Waals surface area (Å²) >= 11 is 6.00. The fourth-order valence-electron chi connectivity index (χ4n) is 2.49. The first-order valence-electron chi connectivity index (χ1n) is 6.61. The van der Waals surface area contributed by atoms with E-state index in [-0.39, 0.29) is 0 Å². The summed E-state index contributed by atoms with van der Waals surface area (Å²) in [5.41, 5.74) is 3.81. The molecule has 98 valence electrons. The van der Waals surface area contributed by atoms with Crippen LogP contribution in [0.4, 0.5) is 5.82 Å². The third-order valence-electron chi connectivity index (χ3n) is 3.56. The van der Waals surface area contributed by atoms with E-state index in [0.29, 0.717) is 5.28 Å². The van der Waals surface area contributed by atoms with Gasteiger partial charge in [0, 0.05) is 24.8 Å². The molecule has 0 amide bonds. The molecule has 4 heteroatoms. The van der Waals surface area contributed by atoms with Crippen molar-refractivity contribution in [2.24, 2.45) is 0 Å². The Bertz CT molecular complexity index is 598. The monoisotopic (exact) mass is 273 g/mol. The van der Waals surface area contributed by atoms with Crippen LogP contribution in [-0.4, -0.2) is 16.5 Å². The van der Waals surface area contributed by atoms with E-state index in [1.165, 1.54) is 11.1 Å². The molecule has 0 aliphatic carbocycles. The van der Waals surface area contributed by atoms with Gasteiger partial charge in [0.25, 0.3) is 0 Å². The minimum Gasteiger partial charge on any atom is -0.352 e. The maximum Gasteiger partial charge on any atom is 0.224 e. The van der Waals surface area contributed by atoms with Crippen molar-refractivity contribution in [1.82, 2.24) is 9.97 Å². The highest BCUT2D eigenvalue weighted by Gasteiger charge is 2.17. The molecule has 0 bridgehead atoms. The number of aromatic nitrogens is 2. The number of halogens is 1. The maximum atomic E-state index is 6.00. The lowest BCUT2D eigenvalue weighted by molar-refractivity contribution is 0.717. The molecule has 0 spiro atoms. The number of anilines is 1. The van der Waals surface area contributed by atoms with Crippen molar-refractivity contribution in [2.75, 3.05) is 11.4 Å². The van der Waals surface area contributed by atoms with E-state index >= 15 is 0 Å². The first-order valence-corrected chi connectivity index (χ1v) is 6.99. The molecular weight excluding hydrogens is 258 g/mol. The third kappa shape index (κ3) is 2.56. The average Bonchev–Trinajstić information content (AvgIpc) is 2.46. The maximum absolute atomic E-state index is 6.00. The minimum absolute atomic E-state index is 0.341. The van der Waals surface area contributed by atoms with Crippen LogP contribution in [0.2, 0.25) is 5.28 Å². The van der Waals surface area contributed by atoms with Gasteiger partial charge in [0.15, 0.2) is 0 Å². The van der Waals surface area contributed by atoms with Crippen LogP contribution >= 0.6 is 11.6 Å². The Kier molecular flexibility index (Phi) is 3.38. The van der Waals surface area contributed by atoms with Crippen LogP contribution in [0.1, 0.15) is 23.7 Å². The molecular formula is C15H16ClN3. The van der Waals surface area contributed by atoms with Crippen molar-refractivity contribution in [3.63, 3.8) is 0 Å². The zero-order chi connectivity index (χ0) is 13.2. The quantitative estimate of drug-likeness (QED) is 0.787. The Balaban J connectivity index is 1.90. The van der Waals surface area contributed by atoms with Crippen LogP contribution in [-0.2, 0) is 19.4 Å². The molecule has 3 rings (SSSR count). The molecule has 0 saturated heterocycles. The Morgan fingerprint density at radius 2 is 2.00 bits per heavy atom. The smallest absolute Gasteiger partial charge is 0.224 e. The van der Waals surface area contributed by atoms with E-state index in [2.05, 4.69) is 46.1 Å². The molecule has 3 nitrogen and oxygen atoms in total. The second kappa shape index (κ2) is 5.17. The molecule has 1 aliphatic rings. The fourth-order valence-corrected chi connectivity index (χ4v) is 2.68. The van der Waals surface area contributed by atoms with Gasteiger partial charge in [-0.3, -0.25) is 0 Å². The zero-order valence-electron chi connectivity index (χ0n) is 10.9. The summed E-state index contributed by atoms with van der Waals surface area (Å²) in [6.07, 6.45) is 1.93. The molecule has 1 aromatic heterocycles. The van der Waals surface area contributed by atoms with E-state index in [0.717, 1.165) is 37.4 Å². The summed E-state index contributed by atoms with van der Waals surface area (Å²) in [6.45, 7) is 3.95. The van der Waals surface area contributed by atoms with Crippen LogP contribution < -0.4 is 4.90 Å². The summed E-state index contributed by atoms with van der Waals surface area (Å²) in [4.78, 5) is 10.9. The third-order valence-corrected chi connectivity index (χ3v) is 3.72. The summed E-state index contributed by atoms with van der Waals surface area (Å²) < 4.78 is 0. The topological polar surface area (TPSA) is 29.0 Å². The Morgan fingerprint density at radius 3 is 2.79 bits per heavy atom. The molecule has 0 radical (unpaired) electrons. The van der Waals surface area contributed by atoms with Crippen molar-refractivity contribution in [2.45, 2.75) is 26.3 Å². The van der Waals surface area contributed by atoms with Crippen LogP contribution in [0.15, 0.2) is 30.3 Å². The standard InChI is InChI=1S/C15H16ClN3/c1-2-13-9-14(18-15(16)17-13)19-8-7-11-5-3-4-6-12(11)10-19/h3-6,9H,2,7-8,10H2,1H3. The summed E-state index contributed by atoms with van der Waals surface area (Å²) in [6, 6.07) is 10.6. The molecule has 1 aromatic carbocycles. The number of hydrogen-bond donors (Lipinski definition) is 0. The number of benzene rings is 1. The van der Waals surface area contributed by atoms with Gasteiger partial charge >= 0.3 is 0 Å². The lowest BCUT2D eigenvalue weighted by Crippen LogP contribution is -2.31. The summed E-state index contributed by atoms with van der Waals surface area (Å²) in [5, 5.41) is 0.341. The molecule has 2 heterocycles. The van der Waals surface area contributed by atoms with Crippen LogP contribution in [0, 0.1) is 0 Å². The zero-order valence-corrected chi connectivity index (χ0v) is 11.7. The van der Waals surface area contributed by atoms with Gasteiger partial charge in [-0.1, -0.05) is 31.2 Å². The van der Waals surface area contributed by atoms with E-state index in [9.17, 15) is 0 Å². The van der Waals surface area contributed by atoms with Crippen molar-refractivity contribution in [1.29, 1.82) is 0 Å². The molecule has 1 aliphatic heterocycles. The number of rotatable bonds is 2. The van der Waals surface area contributed by atoms with Gasteiger partial charge in [0.05, 0.1) is 0 Å². The lowest BCUT2D eigenvalue weighted by atomic mass is 10.00. The van der Waals surface area contributed by atoms with E-state index in [1.54, 1.807) is 0 Å². The van der Waals surface area contributed by atoms with Gasteiger partial charge < -0.3 is 4.90 Å². The van der Waals surface area contributed by atoms with E-state index in [1.807, 2.05) is 6.07 Å². The number of aryl methyl sites for hydroxylation is 1. The molecule has 0 saturated carbocycles. The number of hydrogen-bond acceptors (Lipinski definition) is 3. The van der Waals surface area contributed by atoms with Crippen LogP contribution in [0.3, 0.4) is 0 Å². The Hall–Kier alpha value is -1.61. The first-order chi connectivity index (χ1) is 9.26. The average molecular weight is 274 g/mol. The summed E-state index contributed by atoms with van der Waals surface area (Å²) in [7, 11) is 0. The Labute approximate surface area is 118 Å². The molecule has 0 N–H and O–H groups in total. The van der Waals surface area contributed by atoms with E-state index < -0.39 is 0 Å². The van der Waals surface area contributed by atoms with Gasteiger partial charge in [-0.2, -0.15) is 0 Å². The van der Waals surface area contributed by atoms with Crippen molar-refractivity contribution < 1.29 is 0 Å². The molecule has 19 heavy (non-hydrogen) atoms. The van der Waals surface area contributed by atoms with Crippen LogP contribution in [0.5, 0.6) is 0 Å². The SMILES string of the molecule is CCc1cc(N2CCc3ccccc3C2)nc(Cl)n1. The predicted octanol–water partition coefficient (Wildman–Crippen LogP) is 3.26. The predicted molar refractivity (Wildman–Crippen MR) is 77.6 cm³/mol. The van der Waals surface area contributed by atoms with Gasteiger partial charge in [-0.05, 0) is 35.6 Å². The van der Waals surface area contributed by atoms with Gasteiger partial charge in [-0.15, -0.1) is 0 Å². The summed E-state index contributed by atoms with van der Waals surface area (Å²) in [5.74, 6) is 0.936. The van der Waals surface area contributed by atoms with Crippen molar-refractivity contribution in [3.8, 4) is 0 Å². The van der Waals surface area contributed by atoms with Crippen molar-refractivity contribution in [3.05, 3.63) is 52.4 Å². The largest absolute Gasteiger partial charge is 0.352 e. The molecule has 0 atom stereocenters. The lowest BCUT2D eigenvalue weighted by Gasteiger charge is -2.29. The van der Waals surface area contributed by atoms with Crippen LogP contribution in [0.25, 0.3) is 0 Å². The normalized spacial score (nSPS) is 14.3. The number of nitrogens with zero attached hydrogens (tertiary/aromatic N) is 3. The first kappa shape index (κ1) is 12.4. The number of fused-ring (bicyclic) bond motifs is 1. The minimum atomic E-state index is 0.341. The van der Waals surface area contributed by atoms with Gasteiger partial charge in [-0.25, -0.2) is 9.97 Å². The second-order valence-corrected chi connectivity index (χ2v) is 5.12. The van der Waals surface area contributed by atoms with E-state index in [4.69, 9.17) is 11.6 Å². The highest BCUT2D eigenvalue weighted by Crippen LogP contribution is 2.24.